The fourth-order valence-corrected chi connectivity index (χ4v) is 5.27. The summed E-state index contributed by atoms with van der Waals surface area (Å²) < 4.78 is 13.7. The van der Waals surface area contributed by atoms with Crippen molar-refractivity contribution in [2.45, 2.75) is 51.7 Å². The maximum Gasteiger partial charge on any atom is 0.356 e. The SMILES string of the molecule is CCOc1cccc(C(CC)n2nc(C(=O)O)c3c2C2C=CC(OCc4cncnc4)=CC2CC3)c1. The van der Waals surface area contributed by atoms with Gasteiger partial charge in [-0.1, -0.05) is 25.1 Å². The minimum Gasteiger partial charge on any atom is -0.494 e. The first-order chi connectivity index (χ1) is 17.6. The zero-order valence-electron chi connectivity index (χ0n) is 20.5. The molecule has 186 valence electrons. The molecule has 8 heteroatoms. The number of ether oxygens (including phenoxy) is 2. The first-order valence-corrected chi connectivity index (χ1v) is 12.4. The minimum atomic E-state index is -0.981. The van der Waals surface area contributed by atoms with Crippen LogP contribution in [-0.4, -0.2) is 37.4 Å². The normalized spacial score (nSPS) is 19.1. The standard InChI is InChI=1S/C28H30N4O4/c1-3-25(20-6-5-7-21(13-20)35-4-2)32-27-23-11-9-22(36-16-18-14-29-17-30-15-18)12-19(23)8-10-24(27)26(31-32)28(33)34/h5-7,9,11-15,17,19,23,25H,3-4,8,10,16H2,1-2H3,(H,33,34). The van der Waals surface area contributed by atoms with Crippen molar-refractivity contribution in [3.63, 3.8) is 0 Å². The van der Waals surface area contributed by atoms with Crippen molar-refractivity contribution in [1.82, 2.24) is 19.7 Å². The van der Waals surface area contributed by atoms with Crippen molar-refractivity contribution in [2.75, 3.05) is 6.61 Å². The van der Waals surface area contributed by atoms with Crippen LogP contribution in [0.3, 0.4) is 0 Å². The Kier molecular flexibility index (Phi) is 6.84. The van der Waals surface area contributed by atoms with Gasteiger partial charge in [-0.3, -0.25) is 4.68 Å². The average Bonchev–Trinajstić information content (AvgIpc) is 3.29. The maximum absolute atomic E-state index is 12.1. The zero-order valence-corrected chi connectivity index (χ0v) is 20.5. The number of hydrogen-bond acceptors (Lipinski definition) is 6. The summed E-state index contributed by atoms with van der Waals surface area (Å²) in [5, 5.41) is 14.6. The molecule has 1 aromatic carbocycles. The van der Waals surface area contributed by atoms with Gasteiger partial charge in [-0.05, 0) is 62.0 Å². The first kappa shape index (κ1) is 23.8. The third-order valence-corrected chi connectivity index (χ3v) is 6.86. The van der Waals surface area contributed by atoms with E-state index in [9.17, 15) is 9.90 Å². The van der Waals surface area contributed by atoms with E-state index in [2.05, 4.69) is 40.2 Å². The molecule has 0 saturated carbocycles. The van der Waals surface area contributed by atoms with Crippen LogP contribution in [0, 0.1) is 5.92 Å². The fourth-order valence-electron chi connectivity index (χ4n) is 5.27. The molecule has 36 heavy (non-hydrogen) atoms. The number of carboxylic acid groups (broad SMARTS) is 1. The molecule has 2 aromatic heterocycles. The van der Waals surface area contributed by atoms with E-state index in [0.717, 1.165) is 46.7 Å². The van der Waals surface area contributed by atoms with E-state index in [0.29, 0.717) is 19.6 Å². The van der Waals surface area contributed by atoms with Gasteiger partial charge >= 0.3 is 5.97 Å². The van der Waals surface area contributed by atoms with E-state index < -0.39 is 5.97 Å². The van der Waals surface area contributed by atoms with E-state index in [1.54, 1.807) is 12.4 Å². The van der Waals surface area contributed by atoms with Crippen LogP contribution < -0.4 is 4.74 Å². The molecule has 0 radical (unpaired) electrons. The molecule has 0 saturated heterocycles. The third kappa shape index (κ3) is 4.63. The highest BCUT2D eigenvalue weighted by Gasteiger charge is 2.37. The van der Waals surface area contributed by atoms with E-state index in [-0.39, 0.29) is 23.6 Å². The lowest BCUT2D eigenvalue weighted by molar-refractivity contribution is 0.0688. The molecule has 0 spiro atoms. The number of hydrogen-bond donors (Lipinski definition) is 1. The molecular weight excluding hydrogens is 456 g/mol. The molecule has 2 heterocycles. The lowest BCUT2D eigenvalue weighted by atomic mass is 9.75. The molecule has 3 atom stereocenters. The second-order valence-electron chi connectivity index (χ2n) is 9.08. The smallest absolute Gasteiger partial charge is 0.356 e. The van der Waals surface area contributed by atoms with Crippen molar-refractivity contribution in [3.8, 4) is 5.75 Å². The van der Waals surface area contributed by atoms with Gasteiger partial charge in [0.1, 0.15) is 24.4 Å². The lowest BCUT2D eigenvalue weighted by Gasteiger charge is -2.33. The topological polar surface area (TPSA) is 99.4 Å². The highest BCUT2D eigenvalue weighted by Crippen LogP contribution is 2.44. The predicted octanol–water partition coefficient (Wildman–Crippen LogP) is 5.09. The summed E-state index contributed by atoms with van der Waals surface area (Å²) in [6.07, 6.45) is 13.5. The molecular formula is C28H30N4O4. The molecule has 0 aliphatic heterocycles. The largest absolute Gasteiger partial charge is 0.494 e. The molecule has 3 unspecified atom stereocenters. The summed E-state index contributed by atoms with van der Waals surface area (Å²) in [5.41, 5.74) is 3.94. The van der Waals surface area contributed by atoms with Gasteiger partial charge in [-0.25, -0.2) is 14.8 Å². The second kappa shape index (κ2) is 10.4. The molecule has 2 aliphatic rings. The Labute approximate surface area is 210 Å². The second-order valence-corrected chi connectivity index (χ2v) is 9.08. The number of rotatable bonds is 9. The van der Waals surface area contributed by atoms with Crippen molar-refractivity contribution < 1.29 is 19.4 Å². The zero-order chi connectivity index (χ0) is 25.1. The monoisotopic (exact) mass is 486 g/mol. The molecule has 1 N–H and O–H groups in total. The van der Waals surface area contributed by atoms with Crippen LogP contribution in [-0.2, 0) is 17.8 Å². The van der Waals surface area contributed by atoms with E-state index >= 15 is 0 Å². The van der Waals surface area contributed by atoms with Gasteiger partial charge in [0, 0.05) is 29.4 Å². The van der Waals surface area contributed by atoms with Crippen LogP contribution in [0.4, 0.5) is 0 Å². The Balaban J connectivity index is 1.47. The maximum atomic E-state index is 12.1. The summed E-state index contributed by atoms with van der Waals surface area (Å²) in [7, 11) is 0. The Morgan fingerprint density at radius 2 is 2.06 bits per heavy atom. The Hall–Kier alpha value is -3.94. The Morgan fingerprint density at radius 3 is 2.81 bits per heavy atom. The molecule has 2 aliphatic carbocycles. The van der Waals surface area contributed by atoms with Crippen LogP contribution in [0.15, 0.2) is 67.0 Å². The van der Waals surface area contributed by atoms with Crippen LogP contribution >= 0.6 is 0 Å². The van der Waals surface area contributed by atoms with E-state index in [1.165, 1.54) is 6.33 Å². The molecule has 0 fully saturated rings. The van der Waals surface area contributed by atoms with Crippen molar-refractivity contribution in [1.29, 1.82) is 0 Å². The summed E-state index contributed by atoms with van der Waals surface area (Å²) >= 11 is 0. The number of aromatic carboxylic acids is 1. The minimum absolute atomic E-state index is 0.0332. The highest BCUT2D eigenvalue weighted by molar-refractivity contribution is 5.87. The fraction of sp³-hybridized carbons (Fsp3) is 0.357. The summed E-state index contributed by atoms with van der Waals surface area (Å²) in [6, 6.07) is 7.90. The molecule has 0 bridgehead atoms. The van der Waals surface area contributed by atoms with Crippen molar-refractivity contribution in [2.24, 2.45) is 5.92 Å². The quantitative estimate of drug-likeness (QED) is 0.450. The van der Waals surface area contributed by atoms with Gasteiger partial charge in [-0.15, -0.1) is 0 Å². The predicted molar refractivity (Wildman–Crippen MR) is 134 cm³/mol. The van der Waals surface area contributed by atoms with Gasteiger partial charge in [0.05, 0.1) is 18.3 Å². The lowest BCUT2D eigenvalue weighted by Crippen LogP contribution is -2.25. The van der Waals surface area contributed by atoms with Gasteiger partial charge in [0.2, 0.25) is 0 Å². The highest BCUT2D eigenvalue weighted by atomic mass is 16.5. The number of carboxylic acids is 1. The number of benzene rings is 1. The van der Waals surface area contributed by atoms with Gasteiger partial charge < -0.3 is 14.6 Å². The number of allylic oxidation sites excluding steroid dienone is 3. The Bertz CT molecular complexity index is 1300. The summed E-state index contributed by atoms with van der Waals surface area (Å²) in [6.45, 7) is 5.04. The average molecular weight is 487 g/mol. The van der Waals surface area contributed by atoms with Gasteiger partial charge in [0.15, 0.2) is 5.69 Å². The summed E-state index contributed by atoms with van der Waals surface area (Å²) in [4.78, 5) is 20.2. The van der Waals surface area contributed by atoms with Crippen LogP contribution in [0.25, 0.3) is 0 Å². The third-order valence-electron chi connectivity index (χ3n) is 6.86. The molecule has 0 amide bonds. The van der Waals surface area contributed by atoms with Gasteiger partial charge in [-0.2, -0.15) is 5.10 Å². The van der Waals surface area contributed by atoms with Crippen LogP contribution in [0.1, 0.15) is 71.5 Å². The van der Waals surface area contributed by atoms with Gasteiger partial charge in [0.25, 0.3) is 0 Å². The van der Waals surface area contributed by atoms with Crippen LogP contribution in [0.2, 0.25) is 0 Å². The molecule has 8 nitrogen and oxygen atoms in total. The first-order valence-electron chi connectivity index (χ1n) is 12.4. The number of fused-ring (bicyclic) bond motifs is 3. The van der Waals surface area contributed by atoms with Crippen LogP contribution in [0.5, 0.6) is 5.75 Å². The van der Waals surface area contributed by atoms with Crippen molar-refractivity contribution in [3.05, 3.63) is 95.1 Å². The molecule has 5 rings (SSSR count). The number of carbonyl (C=O) groups is 1. The van der Waals surface area contributed by atoms with E-state index in [4.69, 9.17) is 9.47 Å². The number of aromatic nitrogens is 4. The summed E-state index contributed by atoms with van der Waals surface area (Å²) in [5.74, 6) is 0.868. The molecule has 3 aromatic rings. The Morgan fingerprint density at radius 1 is 1.22 bits per heavy atom. The van der Waals surface area contributed by atoms with Crippen molar-refractivity contribution >= 4 is 5.97 Å². The number of nitrogens with zero attached hydrogens (tertiary/aromatic N) is 4. The van der Waals surface area contributed by atoms with E-state index in [1.807, 2.05) is 35.9 Å².